The highest BCUT2D eigenvalue weighted by molar-refractivity contribution is 5.85. The van der Waals surface area contributed by atoms with Crippen LogP contribution < -0.4 is 5.32 Å². The molecule has 1 aliphatic carbocycles. The zero-order valence-electron chi connectivity index (χ0n) is 11.6. The summed E-state index contributed by atoms with van der Waals surface area (Å²) in [5.74, 6) is 0.790. The van der Waals surface area contributed by atoms with Gasteiger partial charge in [-0.15, -0.1) is 0 Å². The van der Waals surface area contributed by atoms with E-state index >= 15 is 0 Å². The van der Waals surface area contributed by atoms with Crippen molar-refractivity contribution in [1.82, 2.24) is 10.3 Å². The van der Waals surface area contributed by atoms with E-state index in [1.807, 2.05) is 12.4 Å². The molecule has 1 aromatic heterocycles. The van der Waals surface area contributed by atoms with Gasteiger partial charge in [0.05, 0.1) is 0 Å². The fraction of sp³-hybridized carbons (Fsp3) is 0.471. The molecular weight excluding hydrogens is 232 g/mol. The van der Waals surface area contributed by atoms with Crippen molar-refractivity contribution in [2.45, 2.75) is 38.6 Å². The molecular formula is C17H22N2. The molecule has 1 unspecified atom stereocenters. The second-order valence-electron chi connectivity index (χ2n) is 5.52. The molecule has 1 aromatic carbocycles. The van der Waals surface area contributed by atoms with E-state index in [-0.39, 0.29) is 0 Å². The number of fused-ring (bicyclic) bond motifs is 1. The third-order valence-corrected chi connectivity index (χ3v) is 4.34. The first-order valence-electron chi connectivity index (χ1n) is 7.46. The van der Waals surface area contributed by atoms with Gasteiger partial charge >= 0.3 is 0 Å². The summed E-state index contributed by atoms with van der Waals surface area (Å²) >= 11 is 0. The van der Waals surface area contributed by atoms with Crippen molar-refractivity contribution >= 4 is 10.8 Å². The first-order valence-corrected chi connectivity index (χ1v) is 7.46. The first-order chi connectivity index (χ1) is 9.40. The van der Waals surface area contributed by atoms with Crippen LogP contribution in [0.5, 0.6) is 0 Å². The highest BCUT2D eigenvalue weighted by atomic mass is 14.9. The third kappa shape index (κ3) is 2.50. The zero-order valence-corrected chi connectivity index (χ0v) is 11.6. The smallest absolute Gasteiger partial charge is 0.0354 e. The van der Waals surface area contributed by atoms with E-state index in [0.717, 1.165) is 12.5 Å². The molecule has 19 heavy (non-hydrogen) atoms. The van der Waals surface area contributed by atoms with Crippen molar-refractivity contribution in [2.24, 2.45) is 5.92 Å². The van der Waals surface area contributed by atoms with Gasteiger partial charge in [-0.2, -0.15) is 0 Å². The van der Waals surface area contributed by atoms with Crippen LogP contribution in [0.3, 0.4) is 0 Å². The van der Waals surface area contributed by atoms with Gasteiger partial charge in [0.1, 0.15) is 0 Å². The number of nitrogens with zero attached hydrogens (tertiary/aromatic N) is 1. The minimum absolute atomic E-state index is 0.499. The standard InChI is InChI=1S/C17H22N2/c1-2-19-17(13-6-3-4-7-13)16-9-5-8-14-12-18-11-10-15(14)16/h5,8-13,17,19H,2-4,6-7H2,1H3. The van der Waals surface area contributed by atoms with Gasteiger partial charge in [0.2, 0.25) is 0 Å². The molecule has 0 saturated heterocycles. The van der Waals surface area contributed by atoms with Crippen molar-refractivity contribution in [3.05, 3.63) is 42.2 Å². The molecule has 1 atom stereocenters. The quantitative estimate of drug-likeness (QED) is 0.889. The molecule has 0 aliphatic heterocycles. The summed E-state index contributed by atoms with van der Waals surface area (Å²) in [4.78, 5) is 4.24. The maximum atomic E-state index is 4.24. The van der Waals surface area contributed by atoms with E-state index in [0.29, 0.717) is 6.04 Å². The van der Waals surface area contributed by atoms with E-state index in [9.17, 15) is 0 Å². The molecule has 1 aliphatic rings. The molecule has 1 heterocycles. The predicted molar refractivity (Wildman–Crippen MR) is 80.1 cm³/mol. The van der Waals surface area contributed by atoms with E-state index in [2.05, 4.69) is 41.5 Å². The molecule has 0 radical (unpaired) electrons. The minimum Gasteiger partial charge on any atom is -0.310 e. The van der Waals surface area contributed by atoms with E-state index in [1.54, 1.807) is 0 Å². The van der Waals surface area contributed by atoms with Crippen LogP contribution in [0.2, 0.25) is 0 Å². The SMILES string of the molecule is CCNC(c1cccc2cnccc12)C1CCCC1. The van der Waals surface area contributed by atoms with E-state index in [1.165, 1.54) is 42.0 Å². The van der Waals surface area contributed by atoms with Gasteiger partial charge in [-0.05, 0) is 42.3 Å². The Kier molecular flexibility index (Phi) is 3.79. The molecule has 100 valence electrons. The molecule has 1 fully saturated rings. The van der Waals surface area contributed by atoms with Crippen LogP contribution in [0.1, 0.15) is 44.2 Å². The normalized spacial score (nSPS) is 17.9. The van der Waals surface area contributed by atoms with Gasteiger partial charge in [-0.25, -0.2) is 0 Å². The van der Waals surface area contributed by atoms with Crippen molar-refractivity contribution < 1.29 is 0 Å². The minimum atomic E-state index is 0.499. The Morgan fingerprint density at radius 3 is 2.89 bits per heavy atom. The fourth-order valence-electron chi connectivity index (χ4n) is 3.46. The number of rotatable bonds is 4. The fourth-order valence-corrected chi connectivity index (χ4v) is 3.46. The molecule has 0 amide bonds. The van der Waals surface area contributed by atoms with Crippen LogP contribution in [-0.4, -0.2) is 11.5 Å². The molecule has 2 nitrogen and oxygen atoms in total. The van der Waals surface area contributed by atoms with Gasteiger partial charge in [0.25, 0.3) is 0 Å². The van der Waals surface area contributed by atoms with Gasteiger partial charge in [0, 0.05) is 23.8 Å². The topological polar surface area (TPSA) is 24.9 Å². The Hall–Kier alpha value is -1.41. The summed E-state index contributed by atoms with van der Waals surface area (Å²) in [6.07, 6.45) is 9.37. The molecule has 1 N–H and O–H groups in total. The Balaban J connectivity index is 2.03. The largest absolute Gasteiger partial charge is 0.310 e. The van der Waals surface area contributed by atoms with Crippen molar-refractivity contribution in [2.75, 3.05) is 6.54 Å². The van der Waals surface area contributed by atoms with E-state index in [4.69, 9.17) is 0 Å². The van der Waals surface area contributed by atoms with E-state index < -0.39 is 0 Å². The molecule has 2 heteroatoms. The Morgan fingerprint density at radius 2 is 2.11 bits per heavy atom. The van der Waals surface area contributed by atoms with Crippen LogP contribution in [-0.2, 0) is 0 Å². The predicted octanol–water partition coefficient (Wildman–Crippen LogP) is 4.08. The second kappa shape index (κ2) is 5.70. The highest BCUT2D eigenvalue weighted by Crippen LogP contribution is 2.37. The van der Waals surface area contributed by atoms with Crippen molar-refractivity contribution in [1.29, 1.82) is 0 Å². The molecule has 3 rings (SSSR count). The van der Waals surface area contributed by atoms with Gasteiger partial charge < -0.3 is 5.32 Å². The van der Waals surface area contributed by atoms with Crippen LogP contribution >= 0.6 is 0 Å². The number of hydrogen-bond donors (Lipinski definition) is 1. The van der Waals surface area contributed by atoms with Crippen LogP contribution in [0.15, 0.2) is 36.7 Å². The molecule has 1 saturated carbocycles. The number of aromatic nitrogens is 1. The Labute approximate surface area is 115 Å². The third-order valence-electron chi connectivity index (χ3n) is 4.34. The first kappa shape index (κ1) is 12.6. The Bertz CT molecular complexity index is 538. The molecule has 0 bridgehead atoms. The van der Waals surface area contributed by atoms with Gasteiger partial charge in [-0.3, -0.25) is 4.98 Å². The summed E-state index contributed by atoms with van der Waals surface area (Å²) < 4.78 is 0. The number of pyridine rings is 1. The highest BCUT2D eigenvalue weighted by Gasteiger charge is 2.26. The molecule has 2 aromatic rings. The summed E-state index contributed by atoms with van der Waals surface area (Å²) in [7, 11) is 0. The monoisotopic (exact) mass is 254 g/mol. The van der Waals surface area contributed by atoms with Gasteiger partial charge in [-0.1, -0.05) is 38.0 Å². The summed E-state index contributed by atoms with van der Waals surface area (Å²) in [6.45, 7) is 3.23. The van der Waals surface area contributed by atoms with Crippen LogP contribution in [0, 0.1) is 5.92 Å². The number of nitrogens with one attached hydrogen (secondary N) is 1. The van der Waals surface area contributed by atoms with Crippen molar-refractivity contribution in [3.63, 3.8) is 0 Å². The number of hydrogen-bond acceptors (Lipinski definition) is 2. The maximum Gasteiger partial charge on any atom is 0.0354 e. The maximum absolute atomic E-state index is 4.24. The lowest BCUT2D eigenvalue weighted by atomic mass is 9.89. The van der Waals surface area contributed by atoms with Gasteiger partial charge in [0.15, 0.2) is 0 Å². The average molecular weight is 254 g/mol. The number of benzene rings is 1. The second-order valence-corrected chi connectivity index (χ2v) is 5.52. The molecule has 0 spiro atoms. The Morgan fingerprint density at radius 1 is 1.26 bits per heavy atom. The lowest BCUT2D eigenvalue weighted by Crippen LogP contribution is -2.27. The summed E-state index contributed by atoms with van der Waals surface area (Å²) in [5, 5.41) is 6.32. The van der Waals surface area contributed by atoms with Crippen molar-refractivity contribution in [3.8, 4) is 0 Å². The van der Waals surface area contributed by atoms with Crippen LogP contribution in [0.25, 0.3) is 10.8 Å². The average Bonchev–Trinajstić information content (AvgIpc) is 2.98. The lowest BCUT2D eigenvalue weighted by Gasteiger charge is -2.26. The zero-order chi connectivity index (χ0) is 13.1. The summed E-state index contributed by atoms with van der Waals surface area (Å²) in [5.41, 5.74) is 1.45. The summed E-state index contributed by atoms with van der Waals surface area (Å²) in [6, 6.07) is 9.26. The lowest BCUT2D eigenvalue weighted by molar-refractivity contribution is 0.376. The van der Waals surface area contributed by atoms with Crippen LogP contribution in [0.4, 0.5) is 0 Å².